The number of piperazine rings is 1. The fourth-order valence-corrected chi connectivity index (χ4v) is 4.19. The molecular formula is C27H37N3O4. The van der Waals surface area contributed by atoms with Gasteiger partial charge in [-0.25, -0.2) is 0 Å². The maximum absolute atomic E-state index is 12.9. The third kappa shape index (κ3) is 6.29. The smallest absolute Gasteiger partial charge is 0.253 e. The van der Waals surface area contributed by atoms with Crippen molar-refractivity contribution in [3.63, 3.8) is 0 Å². The van der Waals surface area contributed by atoms with E-state index in [9.17, 15) is 9.59 Å². The van der Waals surface area contributed by atoms with Crippen LogP contribution in [0.1, 0.15) is 48.2 Å². The molecule has 34 heavy (non-hydrogen) atoms. The van der Waals surface area contributed by atoms with E-state index in [0.717, 1.165) is 11.1 Å². The fourth-order valence-electron chi connectivity index (χ4n) is 4.19. The molecule has 0 aromatic heterocycles. The summed E-state index contributed by atoms with van der Waals surface area (Å²) < 4.78 is 10.6. The van der Waals surface area contributed by atoms with Crippen LogP contribution in [0.5, 0.6) is 11.5 Å². The lowest BCUT2D eigenvalue weighted by atomic mass is 10.0. The minimum atomic E-state index is -0.243. The van der Waals surface area contributed by atoms with Gasteiger partial charge in [0.1, 0.15) is 0 Å². The fraction of sp³-hybridized carbons (Fsp3) is 0.481. The molecule has 0 bridgehead atoms. The van der Waals surface area contributed by atoms with Crippen LogP contribution in [-0.4, -0.2) is 74.6 Å². The quantitative estimate of drug-likeness (QED) is 0.613. The second-order valence-electron chi connectivity index (χ2n) is 9.01. The van der Waals surface area contributed by atoms with Gasteiger partial charge in [0.2, 0.25) is 5.91 Å². The van der Waals surface area contributed by atoms with Crippen LogP contribution in [0, 0.1) is 0 Å². The van der Waals surface area contributed by atoms with Crippen molar-refractivity contribution in [3.8, 4) is 11.5 Å². The Kier molecular flexibility index (Phi) is 8.93. The lowest BCUT2D eigenvalue weighted by Gasteiger charge is -2.37. The molecule has 1 aliphatic heterocycles. The highest BCUT2D eigenvalue weighted by Crippen LogP contribution is 2.27. The van der Waals surface area contributed by atoms with Gasteiger partial charge in [-0.15, -0.1) is 0 Å². The van der Waals surface area contributed by atoms with Crippen LogP contribution >= 0.6 is 0 Å². The highest BCUT2D eigenvalue weighted by Gasteiger charge is 2.27. The highest BCUT2D eigenvalue weighted by atomic mass is 16.5. The Balaban J connectivity index is 1.45. The number of rotatable bonds is 9. The van der Waals surface area contributed by atoms with E-state index in [0.29, 0.717) is 56.6 Å². The normalized spacial score (nSPS) is 15.2. The first-order valence-electron chi connectivity index (χ1n) is 12.0. The third-order valence-electron chi connectivity index (χ3n) is 6.51. The molecule has 1 unspecified atom stereocenters. The van der Waals surface area contributed by atoms with Crippen LogP contribution in [-0.2, 0) is 11.2 Å². The largest absolute Gasteiger partial charge is 0.493 e. The first-order chi connectivity index (χ1) is 16.3. The maximum atomic E-state index is 12.9. The molecule has 1 aliphatic rings. The predicted octanol–water partition coefficient (Wildman–Crippen LogP) is 3.33. The highest BCUT2D eigenvalue weighted by molar-refractivity contribution is 5.94. The molecule has 7 nitrogen and oxygen atoms in total. The van der Waals surface area contributed by atoms with Crippen molar-refractivity contribution in [2.24, 2.45) is 0 Å². The van der Waals surface area contributed by atoms with E-state index < -0.39 is 0 Å². The summed E-state index contributed by atoms with van der Waals surface area (Å²) in [6.07, 6.45) is 0.705. The first-order valence-corrected chi connectivity index (χ1v) is 12.0. The van der Waals surface area contributed by atoms with Crippen LogP contribution in [0.15, 0.2) is 42.5 Å². The van der Waals surface area contributed by atoms with Crippen molar-refractivity contribution in [1.82, 2.24) is 15.1 Å². The van der Waals surface area contributed by atoms with Crippen LogP contribution in [0.3, 0.4) is 0 Å². The van der Waals surface area contributed by atoms with Gasteiger partial charge in [-0.2, -0.15) is 0 Å². The van der Waals surface area contributed by atoms with Gasteiger partial charge in [0.15, 0.2) is 11.5 Å². The van der Waals surface area contributed by atoms with Crippen molar-refractivity contribution in [2.75, 3.05) is 46.9 Å². The summed E-state index contributed by atoms with van der Waals surface area (Å²) in [5.74, 6) is 1.88. The molecule has 2 aromatic rings. The van der Waals surface area contributed by atoms with E-state index in [2.05, 4.69) is 24.1 Å². The van der Waals surface area contributed by atoms with Gasteiger partial charge < -0.3 is 19.7 Å². The number of amides is 2. The number of ether oxygens (including phenoxy) is 2. The van der Waals surface area contributed by atoms with Crippen LogP contribution in [0.25, 0.3) is 0 Å². The first kappa shape index (κ1) is 25.6. The number of hydrogen-bond acceptors (Lipinski definition) is 5. The van der Waals surface area contributed by atoms with Crippen molar-refractivity contribution >= 4 is 11.8 Å². The number of carbonyl (C=O) groups is 2. The Hall–Kier alpha value is -3.06. The van der Waals surface area contributed by atoms with Gasteiger partial charge in [-0.1, -0.05) is 32.0 Å². The molecule has 1 heterocycles. The third-order valence-corrected chi connectivity index (χ3v) is 6.51. The van der Waals surface area contributed by atoms with Crippen LogP contribution in [0.4, 0.5) is 0 Å². The zero-order valence-corrected chi connectivity index (χ0v) is 21.0. The number of nitrogens with one attached hydrogen (secondary N) is 1. The zero-order valence-electron chi connectivity index (χ0n) is 21.0. The summed E-state index contributed by atoms with van der Waals surface area (Å²) in [4.78, 5) is 29.6. The van der Waals surface area contributed by atoms with E-state index in [-0.39, 0.29) is 17.9 Å². The summed E-state index contributed by atoms with van der Waals surface area (Å²) in [6, 6.07) is 13.4. The summed E-state index contributed by atoms with van der Waals surface area (Å²) >= 11 is 0. The minimum absolute atomic E-state index is 0.00419. The predicted molar refractivity (Wildman–Crippen MR) is 134 cm³/mol. The molecular weight excluding hydrogens is 430 g/mol. The van der Waals surface area contributed by atoms with E-state index in [4.69, 9.17) is 9.47 Å². The monoisotopic (exact) mass is 467 g/mol. The number of benzene rings is 2. The Bertz CT molecular complexity index is 966. The molecule has 2 aromatic carbocycles. The van der Waals surface area contributed by atoms with Gasteiger partial charge in [0.25, 0.3) is 5.91 Å². The van der Waals surface area contributed by atoms with Crippen LogP contribution < -0.4 is 14.8 Å². The molecule has 184 valence electrons. The molecule has 1 N–H and O–H groups in total. The van der Waals surface area contributed by atoms with Crippen molar-refractivity contribution in [3.05, 3.63) is 59.2 Å². The van der Waals surface area contributed by atoms with Gasteiger partial charge in [-0.3, -0.25) is 14.5 Å². The van der Waals surface area contributed by atoms with E-state index in [1.165, 1.54) is 5.56 Å². The van der Waals surface area contributed by atoms with Gasteiger partial charge in [0, 0.05) is 38.3 Å². The molecule has 1 saturated heterocycles. The number of methoxy groups -OCH3 is 2. The lowest BCUT2D eigenvalue weighted by molar-refractivity contribution is -0.126. The minimum Gasteiger partial charge on any atom is -0.493 e. The number of nitrogens with zero attached hydrogens (tertiary/aromatic N) is 2. The molecule has 0 spiro atoms. The average Bonchev–Trinajstić information content (AvgIpc) is 2.87. The summed E-state index contributed by atoms with van der Waals surface area (Å²) in [7, 11) is 3.22. The second kappa shape index (κ2) is 11.9. The van der Waals surface area contributed by atoms with E-state index in [1.807, 2.05) is 54.3 Å². The maximum Gasteiger partial charge on any atom is 0.253 e. The van der Waals surface area contributed by atoms with Crippen LogP contribution in [0.2, 0.25) is 0 Å². The van der Waals surface area contributed by atoms with Crippen molar-refractivity contribution < 1.29 is 19.1 Å². The summed E-state index contributed by atoms with van der Waals surface area (Å²) in [6.45, 7) is 9.35. The molecule has 3 rings (SSSR count). The topological polar surface area (TPSA) is 71.1 Å². The van der Waals surface area contributed by atoms with Crippen molar-refractivity contribution in [1.29, 1.82) is 0 Å². The Morgan fingerprint density at radius 3 is 2.15 bits per heavy atom. The Morgan fingerprint density at radius 2 is 1.56 bits per heavy atom. The van der Waals surface area contributed by atoms with Gasteiger partial charge in [-0.05, 0) is 54.7 Å². The SMILES string of the molecule is COc1ccc(CCNC(=O)C(C)N2CCN(C(=O)c3ccc(C(C)C)cc3)CC2)cc1OC. The second-order valence-corrected chi connectivity index (χ2v) is 9.01. The van der Waals surface area contributed by atoms with Gasteiger partial charge >= 0.3 is 0 Å². The number of carbonyl (C=O) groups excluding carboxylic acids is 2. The summed E-state index contributed by atoms with van der Waals surface area (Å²) in [5.41, 5.74) is 3.02. The van der Waals surface area contributed by atoms with Gasteiger partial charge in [0.05, 0.1) is 20.3 Å². The Morgan fingerprint density at radius 1 is 0.912 bits per heavy atom. The standard InChI is InChI=1S/C27H37N3O4/c1-19(2)22-7-9-23(10-8-22)27(32)30-16-14-29(15-17-30)20(3)26(31)28-13-12-21-6-11-24(33-4)25(18-21)34-5/h6-11,18-20H,12-17H2,1-5H3,(H,28,31). The molecule has 7 heteroatoms. The molecule has 2 amide bonds. The lowest BCUT2D eigenvalue weighted by Crippen LogP contribution is -2.55. The van der Waals surface area contributed by atoms with Crippen molar-refractivity contribution in [2.45, 2.75) is 39.2 Å². The van der Waals surface area contributed by atoms with E-state index in [1.54, 1.807) is 14.2 Å². The average molecular weight is 468 g/mol. The summed E-state index contributed by atoms with van der Waals surface area (Å²) in [5, 5.41) is 3.04. The molecule has 0 aliphatic carbocycles. The molecule has 1 atom stereocenters. The van der Waals surface area contributed by atoms with E-state index >= 15 is 0 Å². The molecule has 1 fully saturated rings. The molecule has 0 radical (unpaired) electrons. The Labute approximate surface area is 203 Å². The zero-order chi connectivity index (χ0) is 24.7. The number of hydrogen-bond donors (Lipinski definition) is 1. The molecule has 0 saturated carbocycles.